The van der Waals surface area contributed by atoms with Gasteiger partial charge in [-0.2, -0.15) is 13.2 Å². The fourth-order valence-electron chi connectivity index (χ4n) is 3.97. The summed E-state index contributed by atoms with van der Waals surface area (Å²) in [6.07, 6.45) is -3.62. The SMILES string of the molecule is NCCN(CCN)NC(=O)CC(N)C(=O)NC(Cc1ccc(C(F)(F)F)cc1)C(=O)Nc1cnc2ccccc2c1. The number of alkyl halides is 3. The molecule has 0 aliphatic rings. The Morgan fingerprint density at radius 3 is 2.24 bits per heavy atom. The van der Waals surface area contributed by atoms with E-state index in [1.807, 2.05) is 18.2 Å². The van der Waals surface area contributed by atoms with Crippen LogP contribution in [-0.4, -0.2) is 66.0 Å². The Hall–Kier alpha value is -4.11. The van der Waals surface area contributed by atoms with Crippen LogP contribution in [-0.2, 0) is 27.0 Å². The van der Waals surface area contributed by atoms with E-state index in [0.29, 0.717) is 29.9 Å². The van der Waals surface area contributed by atoms with Gasteiger partial charge in [-0.15, -0.1) is 0 Å². The summed E-state index contributed by atoms with van der Waals surface area (Å²) in [5, 5.41) is 7.48. The highest BCUT2D eigenvalue weighted by Crippen LogP contribution is 2.29. The number of hydrazine groups is 1. The van der Waals surface area contributed by atoms with E-state index < -0.39 is 48.0 Å². The molecule has 9 N–H and O–H groups in total. The Bertz CT molecular complexity index is 1330. The number of nitrogens with two attached hydrogens (primary N) is 3. The Kier molecular flexibility index (Phi) is 11.1. The van der Waals surface area contributed by atoms with Gasteiger partial charge in [-0.1, -0.05) is 30.3 Å². The number of halogens is 3. The number of nitrogens with zero attached hydrogens (tertiary/aromatic N) is 2. The maximum absolute atomic E-state index is 13.3. The second-order valence-corrected chi connectivity index (χ2v) is 9.28. The average molecular weight is 575 g/mol. The minimum atomic E-state index is -4.52. The Balaban J connectivity index is 1.74. The first kappa shape index (κ1) is 31.4. The van der Waals surface area contributed by atoms with Crippen molar-refractivity contribution in [2.75, 3.05) is 31.5 Å². The smallest absolute Gasteiger partial charge is 0.343 e. The molecule has 0 radical (unpaired) electrons. The fourth-order valence-corrected chi connectivity index (χ4v) is 3.97. The lowest BCUT2D eigenvalue weighted by molar-refractivity contribution is -0.137. The van der Waals surface area contributed by atoms with E-state index in [-0.39, 0.29) is 19.5 Å². The van der Waals surface area contributed by atoms with E-state index in [0.717, 1.165) is 17.5 Å². The number of amides is 3. The van der Waals surface area contributed by atoms with Gasteiger partial charge in [0.1, 0.15) is 6.04 Å². The number of fused-ring (bicyclic) bond motifs is 1. The maximum Gasteiger partial charge on any atom is 0.416 e. The van der Waals surface area contributed by atoms with Gasteiger partial charge >= 0.3 is 6.18 Å². The third-order valence-electron chi connectivity index (χ3n) is 6.04. The molecule has 0 saturated heterocycles. The van der Waals surface area contributed by atoms with E-state index in [1.54, 1.807) is 12.1 Å². The standard InChI is InChI=1S/C27H33F3N8O3/c28-27(29,30)19-7-5-17(6-8-19)13-23(26(41)35-20-14-18-3-1-2-4-22(18)34-16-20)36-25(40)21(33)15-24(39)37-38(11-9-31)12-10-32/h1-8,14,16,21,23H,9-13,15,31-33H2,(H,35,41)(H,36,40)(H,37,39). The minimum Gasteiger partial charge on any atom is -0.343 e. The zero-order valence-corrected chi connectivity index (χ0v) is 22.2. The molecule has 3 amide bonds. The number of aromatic nitrogens is 1. The number of anilines is 1. The van der Waals surface area contributed by atoms with Gasteiger partial charge < -0.3 is 27.8 Å². The number of hydrogen-bond acceptors (Lipinski definition) is 8. The van der Waals surface area contributed by atoms with Crippen LogP contribution in [0.3, 0.4) is 0 Å². The van der Waals surface area contributed by atoms with Crippen molar-refractivity contribution in [3.63, 3.8) is 0 Å². The molecule has 0 aliphatic carbocycles. The van der Waals surface area contributed by atoms with Crippen LogP contribution in [0, 0.1) is 0 Å². The molecule has 220 valence electrons. The van der Waals surface area contributed by atoms with Crippen molar-refractivity contribution in [3.8, 4) is 0 Å². The van der Waals surface area contributed by atoms with Crippen LogP contribution in [0.25, 0.3) is 10.9 Å². The highest BCUT2D eigenvalue weighted by atomic mass is 19.4. The summed E-state index contributed by atoms with van der Waals surface area (Å²) in [5.41, 5.74) is 20.2. The van der Waals surface area contributed by atoms with Gasteiger partial charge in [0, 0.05) is 38.0 Å². The summed E-state index contributed by atoms with van der Waals surface area (Å²) < 4.78 is 39.0. The summed E-state index contributed by atoms with van der Waals surface area (Å²) in [6.45, 7) is 1.20. The van der Waals surface area contributed by atoms with E-state index in [4.69, 9.17) is 17.2 Å². The lowest BCUT2D eigenvalue weighted by Crippen LogP contribution is -2.53. The predicted octanol–water partition coefficient (Wildman–Crippen LogP) is 0.888. The highest BCUT2D eigenvalue weighted by molar-refractivity contribution is 5.99. The van der Waals surface area contributed by atoms with Crippen molar-refractivity contribution < 1.29 is 27.6 Å². The van der Waals surface area contributed by atoms with Crippen molar-refractivity contribution in [2.45, 2.75) is 31.1 Å². The number of carbonyl (C=O) groups is 3. The Morgan fingerprint density at radius 2 is 1.61 bits per heavy atom. The molecule has 0 fully saturated rings. The van der Waals surface area contributed by atoms with Crippen molar-refractivity contribution in [3.05, 3.63) is 71.9 Å². The van der Waals surface area contributed by atoms with Crippen LogP contribution in [0.15, 0.2) is 60.8 Å². The second-order valence-electron chi connectivity index (χ2n) is 9.28. The highest BCUT2D eigenvalue weighted by Gasteiger charge is 2.31. The third kappa shape index (κ3) is 9.49. The maximum atomic E-state index is 13.3. The number of pyridine rings is 1. The van der Waals surface area contributed by atoms with Crippen molar-refractivity contribution in [2.24, 2.45) is 17.2 Å². The van der Waals surface area contributed by atoms with Crippen molar-refractivity contribution in [1.82, 2.24) is 20.7 Å². The Labute approximate surface area is 234 Å². The molecule has 2 unspecified atom stereocenters. The Morgan fingerprint density at radius 1 is 0.951 bits per heavy atom. The number of hydrogen-bond donors (Lipinski definition) is 6. The van der Waals surface area contributed by atoms with E-state index in [9.17, 15) is 27.6 Å². The third-order valence-corrected chi connectivity index (χ3v) is 6.04. The average Bonchev–Trinajstić information content (AvgIpc) is 2.92. The molecule has 11 nitrogen and oxygen atoms in total. The molecule has 3 rings (SSSR count). The number of rotatable bonds is 13. The zero-order chi connectivity index (χ0) is 30.0. The van der Waals surface area contributed by atoms with Gasteiger partial charge in [0.2, 0.25) is 17.7 Å². The van der Waals surface area contributed by atoms with E-state index in [1.165, 1.54) is 23.3 Å². The molecule has 14 heteroatoms. The van der Waals surface area contributed by atoms with Crippen LogP contribution in [0.5, 0.6) is 0 Å². The molecular weight excluding hydrogens is 541 g/mol. The summed E-state index contributed by atoms with van der Waals surface area (Å²) in [6, 6.07) is 10.6. The van der Waals surface area contributed by atoms with Gasteiger partial charge in [0.15, 0.2) is 0 Å². The van der Waals surface area contributed by atoms with Crippen molar-refractivity contribution >= 4 is 34.3 Å². The number of nitrogens with one attached hydrogen (secondary N) is 3. The van der Waals surface area contributed by atoms with Crippen LogP contribution in [0.4, 0.5) is 18.9 Å². The van der Waals surface area contributed by atoms with Gasteiger partial charge in [0.25, 0.3) is 0 Å². The summed E-state index contributed by atoms with van der Waals surface area (Å²) >= 11 is 0. The van der Waals surface area contributed by atoms with Gasteiger partial charge in [-0.05, 0) is 29.8 Å². The number of carbonyl (C=O) groups excluding carboxylic acids is 3. The number of para-hydroxylation sites is 1. The molecule has 0 saturated carbocycles. The molecule has 0 aliphatic heterocycles. The molecular formula is C27H33F3N8O3. The molecule has 2 atom stereocenters. The lowest BCUT2D eigenvalue weighted by atomic mass is 10.0. The largest absolute Gasteiger partial charge is 0.416 e. The zero-order valence-electron chi connectivity index (χ0n) is 22.2. The summed E-state index contributed by atoms with van der Waals surface area (Å²) in [4.78, 5) is 42.9. The van der Waals surface area contributed by atoms with Gasteiger partial charge in [0.05, 0.1) is 35.4 Å². The quantitative estimate of drug-likeness (QED) is 0.163. The van der Waals surface area contributed by atoms with E-state index >= 15 is 0 Å². The number of benzene rings is 2. The summed E-state index contributed by atoms with van der Waals surface area (Å²) in [7, 11) is 0. The van der Waals surface area contributed by atoms with Gasteiger partial charge in [-0.3, -0.25) is 24.8 Å². The minimum absolute atomic E-state index is 0.142. The molecule has 2 aromatic carbocycles. The van der Waals surface area contributed by atoms with Crippen LogP contribution < -0.4 is 33.3 Å². The molecule has 0 spiro atoms. The molecule has 0 bridgehead atoms. The van der Waals surface area contributed by atoms with Crippen molar-refractivity contribution in [1.29, 1.82) is 0 Å². The van der Waals surface area contributed by atoms with E-state index in [2.05, 4.69) is 21.0 Å². The van der Waals surface area contributed by atoms with Crippen LogP contribution >= 0.6 is 0 Å². The van der Waals surface area contributed by atoms with Crippen LogP contribution in [0.1, 0.15) is 17.5 Å². The lowest BCUT2D eigenvalue weighted by Gasteiger charge is -2.23. The predicted molar refractivity (Wildman–Crippen MR) is 148 cm³/mol. The normalized spacial score (nSPS) is 13.0. The molecule has 1 aromatic heterocycles. The first-order chi connectivity index (χ1) is 19.5. The fraction of sp³-hybridized carbons (Fsp3) is 0.333. The summed E-state index contributed by atoms with van der Waals surface area (Å²) in [5.74, 6) is -2.00. The molecule has 1 heterocycles. The van der Waals surface area contributed by atoms with Crippen LogP contribution in [0.2, 0.25) is 0 Å². The first-order valence-electron chi connectivity index (χ1n) is 12.8. The second kappa shape index (κ2) is 14.5. The topological polar surface area (TPSA) is 181 Å². The monoisotopic (exact) mass is 574 g/mol. The first-order valence-corrected chi connectivity index (χ1v) is 12.8. The molecule has 3 aromatic rings. The molecule has 41 heavy (non-hydrogen) atoms. The van der Waals surface area contributed by atoms with Gasteiger partial charge in [-0.25, -0.2) is 5.01 Å².